The van der Waals surface area contributed by atoms with E-state index in [-0.39, 0.29) is 40.7 Å². The molecule has 164 valence electrons. The Morgan fingerprint density at radius 3 is 2.58 bits per heavy atom. The molecular weight excluding hydrogens is 398 g/mol. The summed E-state index contributed by atoms with van der Waals surface area (Å²) in [5.74, 6) is -0.240. The zero-order valence-corrected chi connectivity index (χ0v) is 18.3. The summed E-state index contributed by atoms with van der Waals surface area (Å²) in [6.07, 6.45) is 3.72. The number of aryl methyl sites for hydroxylation is 1. The van der Waals surface area contributed by atoms with E-state index in [1.165, 1.54) is 19.1 Å². The summed E-state index contributed by atoms with van der Waals surface area (Å²) in [7, 11) is 0. The van der Waals surface area contributed by atoms with Gasteiger partial charge in [0.1, 0.15) is 11.6 Å². The van der Waals surface area contributed by atoms with Gasteiger partial charge in [-0.1, -0.05) is 39.2 Å². The van der Waals surface area contributed by atoms with E-state index in [1.807, 2.05) is 13.0 Å². The molecule has 0 bridgehead atoms. The molecule has 1 aromatic heterocycles. The molecular formula is C22H27N5O4. The van der Waals surface area contributed by atoms with Gasteiger partial charge in [-0.05, 0) is 37.8 Å². The van der Waals surface area contributed by atoms with Crippen molar-refractivity contribution in [1.29, 1.82) is 5.26 Å². The van der Waals surface area contributed by atoms with Crippen LogP contribution in [0.2, 0.25) is 0 Å². The van der Waals surface area contributed by atoms with E-state index >= 15 is 0 Å². The Morgan fingerprint density at radius 2 is 2.00 bits per heavy atom. The lowest BCUT2D eigenvalue weighted by atomic mass is 9.99. The molecule has 1 heterocycles. The third-order valence-corrected chi connectivity index (χ3v) is 5.34. The van der Waals surface area contributed by atoms with Crippen LogP contribution in [0.15, 0.2) is 33.2 Å². The lowest BCUT2D eigenvalue weighted by molar-refractivity contribution is -0.384. The number of aromatic nitrogens is 1. The summed E-state index contributed by atoms with van der Waals surface area (Å²) < 4.78 is 1.16. The van der Waals surface area contributed by atoms with Crippen molar-refractivity contribution in [1.82, 2.24) is 4.57 Å². The normalized spacial score (nSPS) is 12.1. The van der Waals surface area contributed by atoms with Gasteiger partial charge in [-0.15, -0.1) is 10.2 Å². The Balaban J connectivity index is 2.59. The van der Waals surface area contributed by atoms with Crippen molar-refractivity contribution in [3.63, 3.8) is 0 Å². The van der Waals surface area contributed by atoms with Gasteiger partial charge in [-0.3, -0.25) is 19.5 Å². The summed E-state index contributed by atoms with van der Waals surface area (Å²) in [5.41, 5.74) is -0.0796. The summed E-state index contributed by atoms with van der Waals surface area (Å²) in [6.45, 7) is 7.57. The average Bonchev–Trinajstić information content (AvgIpc) is 2.74. The molecule has 0 radical (unpaired) electrons. The molecule has 1 atom stereocenters. The minimum absolute atomic E-state index is 0.0139. The number of nitro benzene ring substituents is 1. The minimum atomic E-state index is -0.576. The zero-order chi connectivity index (χ0) is 23.1. The SMILES string of the molecule is CCCCC(CC)Cn1c(O)c(/N=N/c2ccc(C)cc2[N+](=O)[O-])c(C)c(C#N)c1=O. The first kappa shape index (κ1) is 23.7. The van der Waals surface area contributed by atoms with Crippen LogP contribution >= 0.6 is 0 Å². The Bertz CT molecular complexity index is 1100. The molecule has 1 unspecified atom stereocenters. The third-order valence-electron chi connectivity index (χ3n) is 5.34. The second-order valence-corrected chi connectivity index (χ2v) is 7.57. The molecule has 0 aliphatic carbocycles. The Morgan fingerprint density at radius 1 is 1.29 bits per heavy atom. The van der Waals surface area contributed by atoms with E-state index in [9.17, 15) is 25.3 Å². The van der Waals surface area contributed by atoms with Crippen molar-refractivity contribution < 1.29 is 10.0 Å². The van der Waals surface area contributed by atoms with Crippen LogP contribution in [0.4, 0.5) is 17.1 Å². The monoisotopic (exact) mass is 425 g/mol. The number of unbranched alkanes of at least 4 members (excludes halogenated alkanes) is 1. The van der Waals surface area contributed by atoms with Gasteiger partial charge in [0.2, 0.25) is 5.88 Å². The highest BCUT2D eigenvalue weighted by atomic mass is 16.6. The molecule has 2 aromatic rings. The van der Waals surface area contributed by atoms with E-state index in [0.29, 0.717) is 5.56 Å². The zero-order valence-electron chi connectivity index (χ0n) is 18.3. The van der Waals surface area contributed by atoms with Gasteiger partial charge in [-0.25, -0.2) is 0 Å². The molecule has 0 amide bonds. The summed E-state index contributed by atoms with van der Waals surface area (Å²) in [4.78, 5) is 23.6. The van der Waals surface area contributed by atoms with Gasteiger partial charge in [0.25, 0.3) is 11.2 Å². The number of nitro groups is 1. The molecule has 0 spiro atoms. The van der Waals surface area contributed by atoms with E-state index < -0.39 is 16.4 Å². The lowest BCUT2D eigenvalue weighted by Crippen LogP contribution is -2.27. The Hall–Kier alpha value is -3.54. The minimum Gasteiger partial charge on any atom is -0.493 e. The molecule has 2 rings (SSSR count). The summed E-state index contributed by atoms with van der Waals surface area (Å²) >= 11 is 0. The van der Waals surface area contributed by atoms with Crippen LogP contribution < -0.4 is 5.56 Å². The molecule has 0 fully saturated rings. The molecule has 9 nitrogen and oxygen atoms in total. The molecule has 0 saturated carbocycles. The highest BCUT2D eigenvalue weighted by Crippen LogP contribution is 2.35. The largest absolute Gasteiger partial charge is 0.493 e. The number of aromatic hydroxyl groups is 1. The van der Waals surface area contributed by atoms with Crippen molar-refractivity contribution in [2.45, 2.75) is 59.9 Å². The number of pyridine rings is 1. The molecule has 0 aliphatic rings. The second kappa shape index (κ2) is 10.5. The van der Waals surface area contributed by atoms with Crippen LogP contribution in [0.3, 0.4) is 0 Å². The van der Waals surface area contributed by atoms with Crippen molar-refractivity contribution >= 4 is 17.1 Å². The molecule has 1 N–H and O–H groups in total. The van der Waals surface area contributed by atoms with Gasteiger partial charge in [0.05, 0.1) is 4.92 Å². The van der Waals surface area contributed by atoms with Crippen LogP contribution in [0.25, 0.3) is 0 Å². The van der Waals surface area contributed by atoms with E-state index in [4.69, 9.17) is 0 Å². The van der Waals surface area contributed by atoms with Gasteiger partial charge in [-0.2, -0.15) is 5.26 Å². The molecule has 0 saturated heterocycles. The summed E-state index contributed by atoms with van der Waals surface area (Å²) in [5, 5.41) is 39.6. The maximum atomic E-state index is 12.8. The molecule has 31 heavy (non-hydrogen) atoms. The number of benzene rings is 1. The predicted octanol–water partition coefficient (Wildman–Crippen LogP) is 5.58. The average molecular weight is 425 g/mol. The first-order valence-electron chi connectivity index (χ1n) is 10.3. The van der Waals surface area contributed by atoms with Crippen molar-refractivity contribution in [3.05, 3.63) is 55.4 Å². The van der Waals surface area contributed by atoms with Crippen LogP contribution in [0.1, 0.15) is 56.2 Å². The van der Waals surface area contributed by atoms with Gasteiger partial charge in [0.15, 0.2) is 11.4 Å². The quantitative estimate of drug-likeness (QED) is 0.318. The predicted molar refractivity (Wildman–Crippen MR) is 117 cm³/mol. The standard InChI is InChI=1S/C22H27N5O4/c1-5-7-8-16(6-2)13-26-21(28)17(12-23)15(4)20(22(26)29)25-24-18-10-9-14(3)11-19(18)27(30)31/h9-11,16,29H,5-8,13H2,1-4H3/b25-24+. The summed E-state index contributed by atoms with van der Waals surface area (Å²) in [6, 6.07) is 6.39. The van der Waals surface area contributed by atoms with Crippen LogP contribution in [-0.2, 0) is 6.54 Å². The van der Waals surface area contributed by atoms with E-state index in [2.05, 4.69) is 17.2 Å². The van der Waals surface area contributed by atoms with Crippen LogP contribution in [0.5, 0.6) is 5.88 Å². The number of hydrogen-bond donors (Lipinski definition) is 1. The van der Waals surface area contributed by atoms with Crippen LogP contribution in [0, 0.1) is 41.2 Å². The first-order chi connectivity index (χ1) is 14.7. The number of nitrogens with zero attached hydrogens (tertiary/aromatic N) is 5. The fourth-order valence-corrected chi connectivity index (χ4v) is 3.37. The Labute approximate surface area is 180 Å². The second-order valence-electron chi connectivity index (χ2n) is 7.57. The fraction of sp³-hybridized carbons (Fsp3) is 0.455. The highest BCUT2D eigenvalue weighted by molar-refractivity contribution is 5.61. The number of azo groups is 1. The number of nitriles is 1. The van der Waals surface area contributed by atoms with Crippen molar-refractivity contribution in [2.24, 2.45) is 16.1 Å². The highest BCUT2D eigenvalue weighted by Gasteiger charge is 2.22. The third kappa shape index (κ3) is 5.34. The maximum Gasteiger partial charge on any atom is 0.296 e. The molecule has 1 aromatic carbocycles. The van der Waals surface area contributed by atoms with Gasteiger partial charge >= 0.3 is 0 Å². The van der Waals surface area contributed by atoms with Crippen molar-refractivity contribution in [2.75, 3.05) is 0 Å². The number of rotatable bonds is 9. The Kier molecular flexibility index (Phi) is 8.02. The lowest BCUT2D eigenvalue weighted by Gasteiger charge is -2.19. The van der Waals surface area contributed by atoms with Gasteiger partial charge < -0.3 is 5.11 Å². The van der Waals surface area contributed by atoms with Gasteiger partial charge in [0, 0.05) is 18.2 Å². The van der Waals surface area contributed by atoms with Crippen molar-refractivity contribution in [3.8, 4) is 11.9 Å². The topological polar surface area (TPSA) is 134 Å². The molecule has 9 heteroatoms. The van der Waals surface area contributed by atoms with Crippen LogP contribution in [-0.4, -0.2) is 14.6 Å². The fourth-order valence-electron chi connectivity index (χ4n) is 3.37. The van der Waals surface area contributed by atoms with E-state index in [1.54, 1.807) is 13.0 Å². The first-order valence-corrected chi connectivity index (χ1v) is 10.3. The molecule has 0 aliphatic heterocycles. The maximum absolute atomic E-state index is 12.8. The van der Waals surface area contributed by atoms with E-state index in [0.717, 1.165) is 30.3 Å². The smallest absolute Gasteiger partial charge is 0.296 e. The number of hydrogen-bond acceptors (Lipinski definition) is 7.